The molecule has 1 rings (SSSR count). The van der Waals surface area contributed by atoms with Crippen molar-refractivity contribution in [3.63, 3.8) is 0 Å². The van der Waals surface area contributed by atoms with E-state index in [9.17, 15) is 0 Å². The van der Waals surface area contributed by atoms with Gasteiger partial charge in [0.1, 0.15) is 0 Å². The van der Waals surface area contributed by atoms with E-state index in [0.29, 0.717) is 12.1 Å². The van der Waals surface area contributed by atoms with Crippen molar-refractivity contribution >= 4 is 0 Å². The first kappa shape index (κ1) is 11.0. The third-order valence-corrected chi connectivity index (χ3v) is 2.64. The van der Waals surface area contributed by atoms with Crippen LogP contribution in [0, 0.1) is 0 Å². The average molecular weight is 186 g/mol. The van der Waals surface area contributed by atoms with Crippen molar-refractivity contribution in [3.8, 4) is 0 Å². The molecule has 2 atom stereocenters. The Kier molecular flexibility index (Phi) is 4.70. The zero-order valence-corrected chi connectivity index (χ0v) is 8.83. The molecule has 0 radical (unpaired) electrons. The number of hydrogen-bond donors (Lipinski definition) is 1. The lowest BCUT2D eigenvalue weighted by molar-refractivity contribution is -0.0495. The molecule has 0 bridgehead atoms. The molecule has 0 aliphatic carbocycles. The van der Waals surface area contributed by atoms with E-state index in [0.717, 1.165) is 26.1 Å². The third-order valence-electron chi connectivity index (χ3n) is 2.64. The topological polar surface area (TPSA) is 38.5 Å². The molecule has 1 fully saturated rings. The van der Waals surface area contributed by atoms with Crippen molar-refractivity contribution in [2.75, 3.05) is 26.2 Å². The SMILES string of the molecule is CC1CN(CCCCN)C(C)CO1. The normalized spacial score (nSPS) is 30.7. The highest BCUT2D eigenvalue weighted by molar-refractivity contribution is 4.74. The maximum atomic E-state index is 5.56. The van der Waals surface area contributed by atoms with Gasteiger partial charge < -0.3 is 10.5 Å². The maximum Gasteiger partial charge on any atom is 0.0674 e. The van der Waals surface area contributed by atoms with E-state index in [1.54, 1.807) is 0 Å². The summed E-state index contributed by atoms with van der Waals surface area (Å²) in [5.41, 5.74) is 5.46. The number of nitrogens with zero attached hydrogens (tertiary/aromatic N) is 1. The quantitative estimate of drug-likeness (QED) is 0.661. The summed E-state index contributed by atoms with van der Waals surface area (Å²) < 4.78 is 5.56. The van der Waals surface area contributed by atoms with Gasteiger partial charge in [-0.1, -0.05) is 0 Å². The van der Waals surface area contributed by atoms with E-state index in [1.807, 2.05) is 0 Å². The molecule has 1 aliphatic rings. The fraction of sp³-hybridized carbons (Fsp3) is 1.00. The van der Waals surface area contributed by atoms with Crippen LogP contribution in [0.4, 0.5) is 0 Å². The van der Waals surface area contributed by atoms with Gasteiger partial charge in [-0.25, -0.2) is 0 Å². The molecule has 3 nitrogen and oxygen atoms in total. The molecule has 0 spiro atoms. The zero-order chi connectivity index (χ0) is 9.68. The summed E-state index contributed by atoms with van der Waals surface area (Å²) in [6.45, 7) is 8.31. The average Bonchev–Trinajstić information content (AvgIpc) is 2.11. The molecule has 1 saturated heterocycles. The summed E-state index contributed by atoms with van der Waals surface area (Å²) in [6.07, 6.45) is 2.75. The molecule has 3 heteroatoms. The van der Waals surface area contributed by atoms with Gasteiger partial charge in [-0.3, -0.25) is 4.90 Å². The van der Waals surface area contributed by atoms with E-state index >= 15 is 0 Å². The Morgan fingerprint density at radius 3 is 2.85 bits per heavy atom. The first-order valence-electron chi connectivity index (χ1n) is 5.29. The van der Waals surface area contributed by atoms with E-state index in [-0.39, 0.29) is 0 Å². The van der Waals surface area contributed by atoms with E-state index < -0.39 is 0 Å². The zero-order valence-electron chi connectivity index (χ0n) is 8.83. The van der Waals surface area contributed by atoms with Crippen LogP contribution in [0.25, 0.3) is 0 Å². The Hall–Kier alpha value is -0.120. The highest BCUT2D eigenvalue weighted by Gasteiger charge is 2.22. The second-order valence-corrected chi connectivity index (χ2v) is 3.98. The molecular formula is C10H22N2O. The Morgan fingerprint density at radius 1 is 1.38 bits per heavy atom. The van der Waals surface area contributed by atoms with E-state index in [2.05, 4.69) is 18.7 Å². The molecule has 0 saturated carbocycles. The molecule has 2 N–H and O–H groups in total. The second-order valence-electron chi connectivity index (χ2n) is 3.98. The molecule has 1 aliphatic heterocycles. The van der Waals surface area contributed by atoms with Crippen LogP contribution in [-0.2, 0) is 4.74 Å². The van der Waals surface area contributed by atoms with Crippen molar-refractivity contribution in [1.82, 2.24) is 4.90 Å². The fourth-order valence-electron chi connectivity index (χ4n) is 1.74. The van der Waals surface area contributed by atoms with Crippen molar-refractivity contribution in [1.29, 1.82) is 0 Å². The van der Waals surface area contributed by atoms with Gasteiger partial charge >= 0.3 is 0 Å². The van der Waals surface area contributed by atoms with Gasteiger partial charge in [-0.15, -0.1) is 0 Å². The maximum absolute atomic E-state index is 5.56. The standard InChI is InChI=1S/C10H22N2O/c1-9-8-13-10(2)7-12(9)6-4-3-5-11/h9-10H,3-8,11H2,1-2H3. The summed E-state index contributed by atoms with van der Waals surface area (Å²) in [5, 5.41) is 0. The number of ether oxygens (including phenoxy) is 1. The fourth-order valence-corrected chi connectivity index (χ4v) is 1.74. The van der Waals surface area contributed by atoms with Gasteiger partial charge in [0.15, 0.2) is 0 Å². The Morgan fingerprint density at radius 2 is 2.15 bits per heavy atom. The van der Waals surface area contributed by atoms with Crippen LogP contribution in [0.3, 0.4) is 0 Å². The molecule has 0 aromatic carbocycles. The predicted molar refractivity (Wildman–Crippen MR) is 54.7 cm³/mol. The number of hydrogen-bond acceptors (Lipinski definition) is 3. The molecular weight excluding hydrogens is 164 g/mol. The van der Waals surface area contributed by atoms with Gasteiger partial charge in [0.05, 0.1) is 12.7 Å². The Labute approximate surface area is 81.2 Å². The first-order chi connectivity index (χ1) is 6.24. The molecule has 1 heterocycles. The third kappa shape index (κ3) is 3.63. The molecule has 0 aromatic heterocycles. The lowest BCUT2D eigenvalue weighted by Gasteiger charge is -2.36. The van der Waals surface area contributed by atoms with Gasteiger partial charge in [-0.05, 0) is 39.8 Å². The first-order valence-corrected chi connectivity index (χ1v) is 5.29. The Balaban J connectivity index is 2.21. The van der Waals surface area contributed by atoms with Crippen LogP contribution in [-0.4, -0.2) is 43.3 Å². The summed E-state index contributed by atoms with van der Waals surface area (Å²) in [5.74, 6) is 0. The minimum atomic E-state index is 0.397. The second kappa shape index (κ2) is 5.58. The monoisotopic (exact) mass is 186 g/mol. The van der Waals surface area contributed by atoms with Crippen molar-refractivity contribution in [3.05, 3.63) is 0 Å². The van der Waals surface area contributed by atoms with Crippen molar-refractivity contribution < 1.29 is 4.74 Å². The molecule has 0 amide bonds. The number of unbranched alkanes of at least 4 members (excludes halogenated alkanes) is 1. The van der Waals surface area contributed by atoms with Gasteiger partial charge in [0, 0.05) is 12.6 Å². The lowest BCUT2D eigenvalue weighted by atomic mass is 10.2. The van der Waals surface area contributed by atoms with Crippen LogP contribution < -0.4 is 5.73 Å². The summed E-state index contributed by atoms with van der Waals surface area (Å²) in [6, 6.07) is 0.578. The highest BCUT2D eigenvalue weighted by Crippen LogP contribution is 2.11. The number of nitrogens with two attached hydrogens (primary N) is 1. The number of rotatable bonds is 4. The van der Waals surface area contributed by atoms with E-state index in [4.69, 9.17) is 10.5 Å². The predicted octanol–water partition coefficient (Wildman–Crippen LogP) is 0.834. The van der Waals surface area contributed by atoms with Crippen molar-refractivity contribution in [2.45, 2.75) is 38.8 Å². The minimum absolute atomic E-state index is 0.397. The van der Waals surface area contributed by atoms with Gasteiger partial charge in [0.2, 0.25) is 0 Å². The smallest absolute Gasteiger partial charge is 0.0674 e. The largest absolute Gasteiger partial charge is 0.376 e. The van der Waals surface area contributed by atoms with Gasteiger partial charge in [0.25, 0.3) is 0 Å². The molecule has 0 aromatic rings. The molecule has 2 unspecified atom stereocenters. The minimum Gasteiger partial charge on any atom is -0.376 e. The van der Waals surface area contributed by atoms with Crippen LogP contribution >= 0.6 is 0 Å². The van der Waals surface area contributed by atoms with Crippen LogP contribution in [0.5, 0.6) is 0 Å². The van der Waals surface area contributed by atoms with E-state index in [1.165, 1.54) is 13.0 Å². The molecule has 13 heavy (non-hydrogen) atoms. The number of morpholine rings is 1. The summed E-state index contributed by atoms with van der Waals surface area (Å²) in [7, 11) is 0. The lowest BCUT2D eigenvalue weighted by Crippen LogP contribution is -2.47. The van der Waals surface area contributed by atoms with Crippen LogP contribution in [0.15, 0.2) is 0 Å². The van der Waals surface area contributed by atoms with Crippen LogP contribution in [0.2, 0.25) is 0 Å². The van der Waals surface area contributed by atoms with Crippen molar-refractivity contribution in [2.24, 2.45) is 5.73 Å². The highest BCUT2D eigenvalue weighted by atomic mass is 16.5. The molecule has 78 valence electrons. The summed E-state index contributed by atoms with van der Waals surface area (Å²) in [4.78, 5) is 2.50. The van der Waals surface area contributed by atoms with Crippen LogP contribution in [0.1, 0.15) is 26.7 Å². The Bertz CT molecular complexity index is 141. The summed E-state index contributed by atoms with van der Waals surface area (Å²) >= 11 is 0. The van der Waals surface area contributed by atoms with Gasteiger partial charge in [-0.2, -0.15) is 0 Å².